The highest BCUT2D eigenvalue weighted by Crippen LogP contribution is 2.29. The molecule has 1 saturated carbocycles. The van der Waals surface area contributed by atoms with Gasteiger partial charge in [0.15, 0.2) is 0 Å². The molecule has 4 aromatic carbocycles. The monoisotopic (exact) mass is 745 g/mol. The molecule has 1 fully saturated rings. The van der Waals surface area contributed by atoms with Crippen LogP contribution in [-0.2, 0) is 32.6 Å². The van der Waals surface area contributed by atoms with Gasteiger partial charge in [0.05, 0.1) is 10.6 Å². The third-order valence-electron chi connectivity index (χ3n) is 8.36. The van der Waals surface area contributed by atoms with Crippen LogP contribution in [0.4, 0.5) is 5.69 Å². The maximum absolute atomic E-state index is 14.7. The molecule has 1 aliphatic rings. The first-order chi connectivity index (χ1) is 23.0. The lowest BCUT2D eigenvalue weighted by atomic mass is 9.94. The number of rotatable bonds is 12. The van der Waals surface area contributed by atoms with Crippen LogP contribution in [0.15, 0.2) is 102 Å². The minimum absolute atomic E-state index is 0.0196. The van der Waals surface area contributed by atoms with Gasteiger partial charge in [-0.15, -0.1) is 0 Å². The Kier molecular flexibility index (Phi) is 12.3. The second kappa shape index (κ2) is 16.4. The third-order valence-corrected chi connectivity index (χ3v) is 11.2. The standard InChI is InChI=1S/C36H35Cl4N3O4S/c37-27-16-18-32(19-17-27)48(46,47)43(31-13-7-10-28(38)21-31)24-35(44)42(23-26-14-15-29(39)22-33(26)40)34(20-25-8-3-1-4-9-25)36(45)41-30-11-5-2-6-12-30/h1,3-4,7-10,13-19,21-22,30,34H,2,5-6,11-12,20,23-24H2,(H,41,45). The minimum atomic E-state index is -4.31. The second-order valence-corrected chi connectivity index (χ2v) is 15.3. The van der Waals surface area contributed by atoms with E-state index in [0.717, 1.165) is 42.0 Å². The molecule has 7 nitrogen and oxygen atoms in total. The number of hydrogen-bond acceptors (Lipinski definition) is 4. The Balaban J connectivity index is 1.58. The molecule has 0 aromatic heterocycles. The average molecular weight is 748 g/mol. The molecule has 1 unspecified atom stereocenters. The molecule has 1 atom stereocenters. The fourth-order valence-corrected chi connectivity index (χ4v) is 8.01. The summed E-state index contributed by atoms with van der Waals surface area (Å²) in [5, 5.41) is 4.56. The summed E-state index contributed by atoms with van der Waals surface area (Å²) in [5.41, 5.74) is 1.57. The number of benzene rings is 4. The summed E-state index contributed by atoms with van der Waals surface area (Å²) in [6.07, 6.45) is 5.02. The van der Waals surface area contributed by atoms with E-state index in [0.29, 0.717) is 20.6 Å². The lowest BCUT2D eigenvalue weighted by molar-refractivity contribution is -0.140. The predicted octanol–water partition coefficient (Wildman–Crippen LogP) is 8.58. The maximum Gasteiger partial charge on any atom is 0.264 e. The smallest absolute Gasteiger partial charge is 0.264 e. The Morgan fingerprint density at radius 3 is 2.10 bits per heavy atom. The van der Waals surface area contributed by atoms with Crippen molar-refractivity contribution in [3.63, 3.8) is 0 Å². The van der Waals surface area contributed by atoms with Crippen LogP contribution < -0.4 is 9.62 Å². The molecule has 0 bridgehead atoms. The Labute approximate surface area is 301 Å². The molecule has 1 aliphatic carbocycles. The van der Waals surface area contributed by atoms with Crippen molar-refractivity contribution in [3.8, 4) is 0 Å². The summed E-state index contributed by atoms with van der Waals surface area (Å²) in [7, 11) is -4.31. The zero-order valence-corrected chi connectivity index (χ0v) is 29.8. The number of nitrogens with zero attached hydrogens (tertiary/aromatic N) is 2. The molecule has 48 heavy (non-hydrogen) atoms. The number of carbonyl (C=O) groups is 2. The number of amides is 2. The summed E-state index contributed by atoms with van der Waals surface area (Å²) < 4.78 is 29.3. The van der Waals surface area contributed by atoms with Crippen LogP contribution in [-0.4, -0.2) is 43.8 Å². The van der Waals surface area contributed by atoms with E-state index in [-0.39, 0.29) is 40.5 Å². The van der Waals surface area contributed by atoms with Crippen LogP contribution in [0, 0.1) is 0 Å². The summed E-state index contributed by atoms with van der Waals surface area (Å²) >= 11 is 25.2. The predicted molar refractivity (Wildman–Crippen MR) is 193 cm³/mol. The molecular weight excluding hydrogens is 712 g/mol. The van der Waals surface area contributed by atoms with Crippen LogP contribution in [0.2, 0.25) is 20.1 Å². The Morgan fingerprint density at radius 1 is 0.771 bits per heavy atom. The number of hydrogen-bond donors (Lipinski definition) is 1. The first-order valence-electron chi connectivity index (χ1n) is 15.6. The van der Waals surface area contributed by atoms with Gasteiger partial charge in [-0.1, -0.05) is 108 Å². The molecule has 5 rings (SSSR count). The number of anilines is 1. The first-order valence-corrected chi connectivity index (χ1v) is 18.6. The minimum Gasteiger partial charge on any atom is -0.352 e. The molecule has 0 spiro atoms. The van der Waals surface area contributed by atoms with Crippen molar-refractivity contribution in [1.82, 2.24) is 10.2 Å². The van der Waals surface area contributed by atoms with E-state index < -0.39 is 28.5 Å². The highest BCUT2D eigenvalue weighted by atomic mass is 35.5. The van der Waals surface area contributed by atoms with E-state index in [4.69, 9.17) is 46.4 Å². The number of halogens is 4. The van der Waals surface area contributed by atoms with Gasteiger partial charge in [0.25, 0.3) is 10.0 Å². The van der Waals surface area contributed by atoms with Gasteiger partial charge >= 0.3 is 0 Å². The van der Waals surface area contributed by atoms with Crippen molar-refractivity contribution in [2.24, 2.45) is 0 Å². The van der Waals surface area contributed by atoms with Crippen LogP contribution in [0.3, 0.4) is 0 Å². The number of carbonyl (C=O) groups excluding carboxylic acids is 2. The van der Waals surface area contributed by atoms with Crippen LogP contribution in [0.5, 0.6) is 0 Å². The lowest BCUT2D eigenvalue weighted by Gasteiger charge is -2.35. The van der Waals surface area contributed by atoms with E-state index in [2.05, 4.69) is 5.32 Å². The molecule has 252 valence electrons. The molecule has 0 saturated heterocycles. The number of nitrogens with one attached hydrogen (secondary N) is 1. The van der Waals surface area contributed by atoms with Crippen molar-refractivity contribution in [1.29, 1.82) is 0 Å². The average Bonchev–Trinajstić information content (AvgIpc) is 3.07. The van der Waals surface area contributed by atoms with Crippen molar-refractivity contribution < 1.29 is 18.0 Å². The van der Waals surface area contributed by atoms with Gasteiger partial charge in [-0.2, -0.15) is 0 Å². The van der Waals surface area contributed by atoms with E-state index in [1.807, 2.05) is 30.3 Å². The normalized spacial score (nSPS) is 14.2. The largest absolute Gasteiger partial charge is 0.352 e. The van der Waals surface area contributed by atoms with Crippen molar-refractivity contribution >= 4 is 73.9 Å². The van der Waals surface area contributed by atoms with Crippen molar-refractivity contribution in [2.45, 2.75) is 62.0 Å². The summed E-state index contributed by atoms with van der Waals surface area (Å²) in [5.74, 6) is -0.933. The molecular formula is C36H35Cl4N3O4S. The third kappa shape index (κ3) is 9.24. The summed E-state index contributed by atoms with van der Waals surface area (Å²) in [6, 6.07) is 25.2. The van der Waals surface area contributed by atoms with E-state index in [9.17, 15) is 18.0 Å². The van der Waals surface area contributed by atoms with Gasteiger partial charge in [0.1, 0.15) is 12.6 Å². The highest BCUT2D eigenvalue weighted by Gasteiger charge is 2.35. The zero-order chi connectivity index (χ0) is 34.3. The molecule has 0 aliphatic heterocycles. The Bertz CT molecular complexity index is 1840. The second-order valence-electron chi connectivity index (χ2n) is 11.8. The van der Waals surface area contributed by atoms with Crippen molar-refractivity contribution in [3.05, 3.63) is 128 Å². The van der Waals surface area contributed by atoms with Gasteiger partial charge in [-0.05, 0) is 78.6 Å². The number of sulfonamides is 1. The van der Waals surface area contributed by atoms with Gasteiger partial charge < -0.3 is 10.2 Å². The molecule has 0 radical (unpaired) electrons. The van der Waals surface area contributed by atoms with Gasteiger partial charge in [0, 0.05) is 39.1 Å². The molecule has 2 amide bonds. The maximum atomic E-state index is 14.7. The summed E-state index contributed by atoms with van der Waals surface area (Å²) in [4.78, 5) is 30.2. The van der Waals surface area contributed by atoms with Gasteiger partial charge in [0.2, 0.25) is 11.8 Å². The van der Waals surface area contributed by atoms with Crippen LogP contribution in [0.1, 0.15) is 43.2 Å². The van der Waals surface area contributed by atoms with Crippen molar-refractivity contribution in [2.75, 3.05) is 10.8 Å². The molecule has 12 heteroatoms. The van der Waals surface area contributed by atoms with Gasteiger partial charge in [-0.25, -0.2) is 8.42 Å². The quantitative estimate of drug-likeness (QED) is 0.157. The molecule has 1 N–H and O–H groups in total. The lowest BCUT2D eigenvalue weighted by Crippen LogP contribution is -2.55. The van der Waals surface area contributed by atoms with Crippen LogP contribution >= 0.6 is 46.4 Å². The highest BCUT2D eigenvalue weighted by molar-refractivity contribution is 7.92. The molecule has 4 aromatic rings. The topological polar surface area (TPSA) is 86.8 Å². The van der Waals surface area contributed by atoms with Gasteiger partial charge in [-0.3, -0.25) is 13.9 Å². The van der Waals surface area contributed by atoms with E-state index in [1.165, 1.54) is 35.2 Å². The zero-order valence-electron chi connectivity index (χ0n) is 26.0. The fraction of sp³-hybridized carbons (Fsp3) is 0.278. The Hall–Kier alpha value is -3.27. The molecule has 0 heterocycles. The van der Waals surface area contributed by atoms with E-state index >= 15 is 0 Å². The fourth-order valence-electron chi connectivity index (χ4n) is 5.83. The first kappa shape index (κ1) is 36.0. The Morgan fingerprint density at radius 2 is 1.44 bits per heavy atom. The summed E-state index contributed by atoms with van der Waals surface area (Å²) in [6.45, 7) is -0.701. The van der Waals surface area contributed by atoms with Crippen LogP contribution in [0.25, 0.3) is 0 Å². The SMILES string of the molecule is O=C(NC1CCCCC1)C(Cc1ccccc1)N(Cc1ccc(Cl)cc1Cl)C(=O)CN(c1cccc(Cl)c1)S(=O)(=O)c1ccc(Cl)cc1. The van der Waals surface area contributed by atoms with E-state index in [1.54, 1.807) is 36.4 Å².